The van der Waals surface area contributed by atoms with Gasteiger partial charge in [-0.3, -0.25) is 4.79 Å². The Labute approximate surface area is 189 Å². The smallest absolute Gasteiger partial charge is 0.268 e. The van der Waals surface area contributed by atoms with Crippen LogP contribution in [0.4, 0.5) is 5.82 Å². The number of aromatic nitrogens is 1. The van der Waals surface area contributed by atoms with Gasteiger partial charge in [-0.15, -0.1) is 0 Å². The fourth-order valence-corrected chi connectivity index (χ4v) is 5.03. The van der Waals surface area contributed by atoms with Crippen molar-refractivity contribution in [3.63, 3.8) is 0 Å². The molecule has 1 saturated heterocycles. The molecular weight excluding hydrogens is 422 g/mol. The van der Waals surface area contributed by atoms with E-state index in [9.17, 15) is 13.2 Å². The zero-order valence-electron chi connectivity index (χ0n) is 18.4. The summed E-state index contributed by atoms with van der Waals surface area (Å²) < 4.78 is 27.7. The molecule has 0 saturated carbocycles. The van der Waals surface area contributed by atoms with E-state index in [4.69, 9.17) is 4.98 Å². The van der Waals surface area contributed by atoms with Gasteiger partial charge in [-0.05, 0) is 50.5 Å². The highest BCUT2D eigenvalue weighted by atomic mass is 32.2. The number of anilines is 1. The van der Waals surface area contributed by atoms with Crippen molar-refractivity contribution in [2.75, 3.05) is 11.4 Å². The molecule has 0 radical (unpaired) electrons. The summed E-state index contributed by atoms with van der Waals surface area (Å²) in [6.07, 6.45) is 0.966. The van der Waals surface area contributed by atoms with Crippen molar-refractivity contribution in [2.45, 2.75) is 37.6 Å². The van der Waals surface area contributed by atoms with Gasteiger partial charge in [0.2, 0.25) is 0 Å². The Kier molecular flexibility index (Phi) is 5.77. The number of nitrogens with one attached hydrogen (secondary N) is 1. The van der Waals surface area contributed by atoms with E-state index in [1.165, 1.54) is 12.1 Å². The lowest BCUT2D eigenvalue weighted by atomic mass is 9.90. The van der Waals surface area contributed by atoms with Gasteiger partial charge in [-0.25, -0.2) is 18.1 Å². The Morgan fingerprint density at radius 2 is 1.62 bits per heavy atom. The minimum Gasteiger partial charge on any atom is -0.351 e. The first-order chi connectivity index (χ1) is 15.2. The molecule has 0 bridgehead atoms. The Hall–Kier alpha value is -3.19. The second-order valence-electron chi connectivity index (χ2n) is 8.68. The molecule has 1 atom stereocenters. The third kappa shape index (κ3) is 4.12. The van der Waals surface area contributed by atoms with Crippen LogP contribution in [-0.4, -0.2) is 31.4 Å². The highest BCUT2D eigenvalue weighted by Gasteiger charge is 2.41. The lowest BCUT2D eigenvalue weighted by Gasteiger charge is -2.36. The number of hydrogen-bond donors (Lipinski definition) is 1. The molecule has 1 aromatic heterocycles. The van der Waals surface area contributed by atoms with E-state index in [1.807, 2.05) is 30.3 Å². The quantitative estimate of drug-likeness (QED) is 0.621. The largest absolute Gasteiger partial charge is 0.351 e. The number of carbonyl (C=O) groups is 1. The van der Waals surface area contributed by atoms with Crippen molar-refractivity contribution in [3.8, 4) is 11.3 Å². The molecular formula is C25H27N3O3S. The molecule has 1 N–H and O–H groups in total. The summed E-state index contributed by atoms with van der Waals surface area (Å²) in [6, 6.07) is 21.0. The number of amides is 1. The van der Waals surface area contributed by atoms with Crippen LogP contribution in [0.25, 0.3) is 11.3 Å². The normalized spacial score (nSPS) is 17.8. The summed E-state index contributed by atoms with van der Waals surface area (Å²) in [4.78, 5) is 20.2. The first-order valence-corrected chi connectivity index (χ1v) is 12.1. The van der Waals surface area contributed by atoms with Crippen LogP contribution in [-0.2, 0) is 10.0 Å². The second kappa shape index (κ2) is 8.39. The van der Waals surface area contributed by atoms with Crippen molar-refractivity contribution >= 4 is 21.7 Å². The van der Waals surface area contributed by atoms with Crippen LogP contribution in [0.15, 0.2) is 77.7 Å². The number of nitrogens with zero attached hydrogens (tertiary/aromatic N) is 2. The second-order valence-corrected chi connectivity index (χ2v) is 10.4. The number of sulfonamides is 1. The zero-order valence-corrected chi connectivity index (χ0v) is 19.3. The molecule has 2 heterocycles. The zero-order chi connectivity index (χ0) is 22.9. The van der Waals surface area contributed by atoms with E-state index < -0.39 is 15.9 Å². The maximum atomic E-state index is 13.2. The lowest BCUT2D eigenvalue weighted by Crippen LogP contribution is -2.43. The fourth-order valence-electron chi connectivity index (χ4n) is 4.05. The van der Waals surface area contributed by atoms with Crippen LogP contribution >= 0.6 is 0 Å². The summed E-state index contributed by atoms with van der Waals surface area (Å²) in [5.41, 5.74) is 1.68. The molecule has 32 heavy (non-hydrogen) atoms. The van der Waals surface area contributed by atoms with Crippen molar-refractivity contribution in [2.24, 2.45) is 5.92 Å². The van der Waals surface area contributed by atoms with E-state index >= 15 is 0 Å². The molecule has 1 unspecified atom stereocenters. The Morgan fingerprint density at radius 3 is 2.22 bits per heavy atom. The van der Waals surface area contributed by atoms with Gasteiger partial charge in [-0.1, -0.05) is 55.5 Å². The third-order valence-electron chi connectivity index (χ3n) is 6.41. The summed E-state index contributed by atoms with van der Waals surface area (Å²) in [7, 11) is -4.00. The number of rotatable bonds is 5. The molecule has 1 amide bonds. The van der Waals surface area contributed by atoms with Crippen LogP contribution in [0.1, 0.15) is 37.6 Å². The molecule has 166 valence electrons. The van der Waals surface area contributed by atoms with Gasteiger partial charge in [0, 0.05) is 17.6 Å². The minimum atomic E-state index is -4.00. The molecule has 6 nitrogen and oxygen atoms in total. The summed E-state index contributed by atoms with van der Waals surface area (Å²) >= 11 is 0. The van der Waals surface area contributed by atoms with Gasteiger partial charge in [0.05, 0.1) is 16.2 Å². The van der Waals surface area contributed by atoms with E-state index in [1.54, 1.807) is 30.3 Å². The van der Waals surface area contributed by atoms with Crippen molar-refractivity contribution in [3.05, 3.63) is 78.4 Å². The Balaban J connectivity index is 1.77. The number of pyridine rings is 1. The average Bonchev–Trinajstić information content (AvgIpc) is 3.06. The molecule has 4 rings (SSSR count). The molecule has 0 spiro atoms. The predicted molar refractivity (Wildman–Crippen MR) is 126 cm³/mol. The number of carbonyl (C=O) groups excluding carboxylic acids is 1. The molecule has 3 aromatic rings. The lowest BCUT2D eigenvalue weighted by molar-refractivity contribution is 0.0981. The van der Waals surface area contributed by atoms with E-state index in [2.05, 4.69) is 30.4 Å². The molecule has 1 aliphatic heterocycles. The number of hydrogen-bond acceptors (Lipinski definition) is 5. The van der Waals surface area contributed by atoms with Crippen LogP contribution in [0.2, 0.25) is 0 Å². The molecule has 1 aliphatic rings. The predicted octanol–water partition coefficient (Wildman–Crippen LogP) is 4.49. The molecule has 0 aliphatic carbocycles. The van der Waals surface area contributed by atoms with E-state index in [0.29, 0.717) is 11.7 Å². The standard InChI is InChI=1S/C25H27N3O3S/c1-18-16-17-28(25(18,2)3)23-21(14-15-22(26-23)19-10-6-4-7-11-19)24(29)27-32(30,31)20-12-8-5-9-13-20/h4-15,18H,16-17H2,1-3H3,(H,27,29). The molecule has 2 aromatic carbocycles. The summed E-state index contributed by atoms with van der Waals surface area (Å²) in [6.45, 7) is 7.18. The van der Waals surface area contributed by atoms with Crippen LogP contribution < -0.4 is 9.62 Å². The summed E-state index contributed by atoms with van der Waals surface area (Å²) in [5.74, 6) is 0.210. The molecule has 7 heteroatoms. The average molecular weight is 450 g/mol. The van der Waals surface area contributed by atoms with Gasteiger partial charge in [0.1, 0.15) is 5.82 Å². The first kappa shape index (κ1) is 22.0. The van der Waals surface area contributed by atoms with Gasteiger partial charge in [-0.2, -0.15) is 0 Å². The van der Waals surface area contributed by atoms with E-state index in [-0.39, 0.29) is 16.0 Å². The van der Waals surface area contributed by atoms with Gasteiger partial charge in [0.25, 0.3) is 15.9 Å². The first-order valence-electron chi connectivity index (χ1n) is 10.7. The molecule has 1 fully saturated rings. The minimum absolute atomic E-state index is 0.0406. The third-order valence-corrected chi connectivity index (χ3v) is 7.76. The highest BCUT2D eigenvalue weighted by Crippen LogP contribution is 2.39. The Bertz CT molecular complexity index is 1230. The van der Waals surface area contributed by atoms with Crippen molar-refractivity contribution < 1.29 is 13.2 Å². The van der Waals surface area contributed by atoms with Gasteiger partial charge in [0.15, 0.2) is 0 Å². The topological polar surface area (TPSA) is 79.4 Å². The van der Waals surface area contributed by atoms with Gasteiger partial charge >= 0.3 is 0 Å². The van der Waals surface area contributed by atoms with E-state index in [0.717, 1.165) is 24.2 Å². The van der Waals surface area contributed by atoms with Crippen molar-refractivity contribution in [1.29, 1.82) is 0 Å². The van der Waals surface area contributed by atoms with Crippen molar-refractivity contribution in [1.82, 2.24) is 9.71 Å². The fraction of sp³-hybridized carbons (Fsp3) is 0.280. The highest BCUT2D eigenvalue weighted by molar-refractivity contribution is 7.90. The Morgan fingerprint density at radius 1 is 1.00 bits per heavy atom. The number of benzene rings is 2. The maximum absolute atomic E-state index is 13.2. The van der Waals surface area contributed by atoms with Crippen LogP contribution in [0, 0.1) is 5.92 Å². The monoisotopic (exact) mass is 449 g/mol. The van der Waals surface area contributed by atoms with Gasteiger partial charge < -0.3 is 4.90 Å². The SMILES string of the molecule is CC1CCN(c2nc(-c3ccccc3)ccc2C(=O)NS(=O)(=O)c2ccccc2)C1(C)C. The summed E-state index contributed by atoms with van der Waals surface area (Å²) in [5, 5.41) is 0. The van der Waals surface area contributed by atoms with Crippen LogP contribution in [0.5, 0.6) is 0 Å². The van der Waals surface area contributed by atoms with Crippen LogP contribution in [0.3, 0.4) is 0 Å². The maximum Gasteiger partial charge on any atom is 0.268 e.